The highest BCUT2D eigenvalue weighted by molar-refractivity contribution is 9.10. The molecule has 0 amide bonds. The molecule has 0 saturated carbocycles. The molecule has 1 aromatic rings. The van der Waals surface area contributed by atoms with E-state index in [1.807, 2.05) is 0 Å². The van der Waals surface area contributed by atoms with Crippen LogP contribution in [0, 0.1) is 0 Å². The molecule has 0 atom stereocenters. The Balaban J connectivity index is 3.25. The van der Waals surface area contributed by atoms with Crippen molar-refractivity contribution in [1.82, 2.24) is 4.98 Å². The van der Waals surface area contributed by atoms with E-state index >= 15 is 0 Å². The Hall–Kier alpha value is 0.260. The Morgan fingerprint density at radius 1 is 1.54 bits per heavy atom. The second-order valence-corrected chi connectivity index (χ2v) is 3.93. The van der Waals surface area contributed by atoms with Crippen molar-refractivity contribution >= 4 is 43.5 Å². The van der Waals surface area contributed by atoms with Gasteiger partial charge < -0.3 is 0 Å². The van der Waals surface area contributed by atoms with Crippen LogP contribution in [-0.2, 0) is 5.33 Å². The van der Waals surface area contributed by atoms with Crippen LogP contribution >= 0.6 is 43.5 Å². The molecule has 0 N–H and O–H groups in total. The Kier molecular flexibility index (Phi) is 4.06. The van der Waals surface area contributed by atoms with Crippen molar-refractivity contribution in [1.29, 1.82) is 0 Å². The lowest BCUT2D eigenvalue weighted by Gasteiger charge is -2.06. The zero-order chi connectivity index (χ0) is 10.0. The van der Waals surface area contributed by atoms with Crippen LogP contribution in [0.15, 0.2) is 10.7 Å². The van der Waals surface area contributed by atoms with Crippen LogP contribution < -0.4 is 0 Å². The van der Waals surface area contributed by atoms with Gasteiger partial charge in [0.2, 0.25) is 0 Å². The van der Waals surface area contributed by atoms with Crippen molar-refractivity contribution in [2.45, 2.75) is 11.8 Å². The van der Waals surface area contributed by atoms with Crippen molar-refractivity contribution in [3.63, 3.8) is 0 Å². The first-order chi connectivity index (χ1) is 6.06. The van der Waals surface area contributed by atoms with Gasteiger partial charge in [-0.1, -0.05) is 27.5 Å². The maximum atomic E-state index is 12.4. The van der Waals surface area contributed by atoms with Gasteiger partial charge in [-0.05, 0) is 22.0 Å². The predicted octanol–water partition coefficient (Wildman–Crippen LogP) is 4.33. The Bertz CT molecular complexity index is 320. The number of hydrogen-bond donors (Lipinski definition) is 0. The molecule has 0 unspecified atom stereocenters. The summed E-state index contributed by atoms with van der Waals surface area (Å²) in [5.74, 6) is 0. The molecule has 0 aliphatic carbocycles. The first-order valence-corrected chi connectivity index (χ1v) is 5.54. The van der Waals surface area contributed by atoms with E-state index in [9.17, 15) is 8.78 Å². The summed E-state index contributed by atoms with van der Waals surface area (Å²) in [6.45, 7) is 0. The molecule has 0 fully saturated rings. The van der Waals surface area contributed by atoms with Gasteiger partial charge in [-0.2, -0.15) is 0 Å². The number of halogens is 5. The van der Waals surface area contributed by atoms with Crippen molar-refractivity contribution in [3.8, 4) is 0 Å². The third kappa shape index (κ3) is 2.60. The summed E-state index contributed by atoms with van der Waals surface area (Å²) in [4.78, 5) is 3.94. The quantitative estimate of drug-likeness (QED) is 0.579. The molecule has 0 aromatic carbocycles. The monoisotopic (exact) mass is 333 g/mol. The van der Waals surface area contributed by atoms with Crippen molar-refractivity contribution in [2.75, 3.05) is 0 Å². The van der Waals surface area contributed by atoms with Crippen LogP contribution in [-0.4, -0.2) is 4.98 Å². The minimum absolute atomic E-state index is 0.0281. The minimum atomic E-state index is -2.58. The lowest BCUT2D eigenvalue weighted by molar-refractivity contribution is 0.151. The first-order valence-electron chi connectivity index (χ1n) is 3.25. The zero-order valence-corrected chi connectivity index (χ0v) is 10.1. The van der Waals surface area contributed by atoms with Gasteiger partial charge >= 0.3 is 0 Å². The fourth-order valence-corrected chi connectivity index (χ4v) is 1.72. The predicted molar refractivity (Wildman–Crippen MR) is 54.5 cm³/mol. The highest BCUT2D eigenvalue weighted by Crippen LogP contribution is 2.32. The summed E-state index contributed by atoms with van der Waals surface area (Å²) >= 11 is 11.7. The highest BCUT2D eigenvalue weighted by Gasteiger charge is 2.16. The summed E-state index contributed by atoms with van der Waals surface area (Å²) in [6.07, 6.45) is -2.58. The zero-order valence-electron chi connectivity index (χ0n) is 6.20. The van der Waals surface area contributed by atoms with Crippen molar-refractivity contribution in [3.05, 3.63) is 26.9 Å². The van der Waals surface area contributed by atoms with Gasteiger partial charge in [0, 0.05) is 10.9 Å². The molecule has 13 heavy (non-hydrogen) atoms. The molecule has 0 radical (unpaired) electrons. The average molecular weight is 335 g/mol. The third-order valence-corrected chi connectivity index (χ3v) is 3.14. The summed E-state index contributed by atoms with van der Waals surface area (Å²) in [7, 11) is 0. The van der Waals surface area contributed by atoms with Gasteiger partial charge in [-0.25, -0.2) is 13.8 Å². The molecule has 1 heterocycles. The van der Waals surface area contributed by atoms with Crippen molar-refractivity contribution < 1.29 is 8.78 Å². The van der Waals surface area contributed by atoms with Gasteiger partial charge in [0.05, 0.1) is 10.7 Å². The van der Waals surface area contributed by atoms with Gasteiger partial charge in [0.15, 0.2) is 0 Å². The number of aromatic nitrogens is 1. The SMILES string of the molecule is FC(F)c1cc(CBr)nc(Br)c1Cl. The maximum Gasteiger partial charge on any atom is 0.265 e. The molecule has 0 bridgehead atoms. The smallest absolute Gasteiger partial charge is 0.243 e. The standard InChI is InChI=1S/C7H4Br2ClF2N/c8-2-3-1-4(7(11)12)5(10)6(9)13-3/h1,7H,2H2. The maximum absolute atomic E-state index is 12.4. The molecular weight excluding hydrogens is 331 g/mol. The van der Waals surface area contributed by atoms with Crippen LogP contribution in [0.2, 0.25) is 5.02 Å². The largest absolute Gasteiger partial charge is 0.265 e. The Morgan fingerprint density at radius 3 is 2.62 bits per heavy atom. The molecule has 0 spiro atoms. The lowest BCUT2D eigenvalue weighted by atomic mass is 10.2. The summed E-state index contributed by atoms with van der Waals surface area (Å²) in [5, 5.41) is 0.391. The number of rotatable bonds is 2. The Labute approximate surface area is 95.8 Å². The molecule has 0 aliphatic heterocycles. The molecule has 72 valence electrons. The van der Waals surface area contributed by atoms with Gasteiger partial charge in [-0.15, -0.1) is 0 Å². The van der Waals surface area contributed by atoms with Crippen molar-refractivity contribution in [2.24, 2.45) is 0 Å². The van der Waals surface area contributed by atoms with Crippen LogP contribution in [0.5, 0.6) is 0 Å². The number of alkyl halides is 3. The summed E-state index contributed by atoms with van der Waals surface area (Å²) in [6, 6.07) is 1.28. The summed E-state index contributed by atoms with van der Waals surface area (Å²) in [5.41, 5.74) is 0.324. The minimum Gasteiger partial charge on any atom is -0.243 e. The van der Waals surface area contributed by atoms with Crippen LogP contribution in [0.4, 0.5) is 8.78 Å². The second-order valence-electron chi connectivity index (χ2n) is 2.24. The summed E-state index contributed by atoms with van der Waals surface area (Å²) < 4.78 is 25.0. The highest BCUT2D eigenvalue weighted by atomic mass is 79.9. The number of pyridine rings is 1. The van der Waals surface area contributed by atoms with Gasteiger partial charge in [-0.3, -0.25) is 0 Å². The normalized spacial score (nSPS) is 10.9. The average Bonchev–Trinajstić information content (AvgIpc) is 2.09. The van der Waals surface area contributed by atoms with Crippen LogP contribution in [0.1, 0.15) is 17.7 Å². The Morgan fingerprint density at radius 2 is 2.15 bits per heavy atom. The van der Waals surface area contributed by atoms with E-state index in [-0.39, 0.29) is 15.2 Å². The van der Waals surface area contributed by atoms with E-state index < -0.39 is 6.43 Å². The fraction of sp³-hybridized carbons (Fsp3) is 0.286. The van der Waals surface area contributed by atoms with Crippen LogP contribution in [0.25, 0.3) is 0 Å². The van der Waals surface area contributed by atoms with Crippen LogP contribution in [0.3, 0.4) is 0 Å². The van der Waals surface area contributed by atoms with Gasteiger partial charge in [0.25, 0.3) is 6.43 Å². The molecule has 0 aliphatic rings. The topological polar surface area (TPSA) is 12.9 Å². The molecule has 1 nitrogen and oxygen atoms in total. The second kappa shape index (κ2) is 4.66. The molecule has 1 aromatic heterocycles. The van der Waals surface area contributed by atoms with Gasteiger partial charge in [0.1, 0.15) is 4.60 Å². The molecule has 1 rings (SSSR count). The number of hydrogen-bond acceptors (Lipinski definition) is 1. The fourth-order valence-electron chi connectivity index (χ4n) is 0.797. The molecule has 6 heteroatoms. The third-order valence-electron chi connectivity index (χ3n) is 1.37. The van der Waals surface area contributed by atoms with E-state index in [0.29, 0.717) is 11.0 Å². The van der Waals surface area contributed by atoms with E-state index in [1.165, 1.54) is 6.07 Å². The first kappa shape index (κ1) is 11.3. The van der Waals surface area contributed by atoms with E-state index in [4.69, 9.17) is 11.6 Å². The van der Waals surface area contributed by atoms with E-state index in [0.717, 1.165) is 0 Å². The lowest BCUT2D eigenvalue weighted by Crippen LogP contribution is -1.94. The molecule has 0 saturated heterocycles. The van der Waals surface area contributed by atoms with E-state index in [1.54, 1.807) is 0 Å². The number of nitrogens with zero attached hydrogens (tertiary/aromatic N) is 1. The van der Waals surface area contributed by atoms with E-state index in [2.05, 4.69) is 36.8 Å². The molecular formula is C7H4Br2ClF2N.